The van der Waals surface area contributed by atoms with Gasteiger partial charge in [0.05, 0.1) is 5.41 Å². The van der Waals surface area contributed by atoms with E-state index < -0.39 is 5.41 Å². The van der Waals surface area contributed by atoms with Crippen LogP contribution in [0.25, 0.3) is 71.3 Å². The highest BCUT2D eigenvalue weighted by Crippen LogP contribution is 2.56. The van der Waals surface area contributed by atoms with Gasteiger partial charge >= 0.3 is 0 Å². The minimum absolute atomic E-state index is 0.607. The SMILES string of the molecule is C=CC1=C(/C=C\C)c2ccccc2C1(c1ccccc1)c1cccc(N(c2ccc(-c3cccc(-c4ccccc4)c3)cc2)c2ccc3c(ccc4ccc5c6ccccc6oc5c43)c2)c1. The Kier molecular flexibility index (Phi) is 9.47. The molecule has 66 heavy (non-hydrogen) atoms. The first-order valence-corrected chi connectivity index (χ1v) is 22.7. The second kappa shape index (κ2) is 16.0. The minimum Gasteiger partial charge on any atom is -0.455 e. The van der Waals surface area contributed by atoms with Gasteiger partial charge in [-0.2, -0.15) is 0 Å². The molecule has 12 rings (SSSR count). The maximum absolute atomic E-state index is 6.62. The summed E-state index contributed by atoms with van der Waals surface area (Å²) in [6.07, 6.45) is 6.45. The van der Waals surface area contributed by atoms with Gasteiger partial charge in [0.15, 0.2) is 0 Å². The molecule has 1 aromatic heterocycles. The monoisotopic (exact) mass is 843 g/mol. The highest BCUT2D eigenvalue weighted by atomic mass is 16.3. The number of para-hydroxylation sites is 1. The molecule has 0 aliphatic heterocycles. The van der Waals surface area contributed by atoms with E-state index >= 15 is 0 Å². The Morgan fingerprint density at radius 2 is 1.09 bits per heavy atom. The van der Waals surface area contributed by atoms with Gasteiger partial charge in [0.2, 0.25) is 0 Å². The number of rotatable bonds is 9. The van der Waals surface area contributed by atoms with Crippen LogP contribution in [-0.4, -0.2) is 0 Å². The van der Waals surface area contributed by atoms with Crippen LogP contribution in [0.3, 0.4) is 0 Å². The van der Waals surface area contributed by atoms with Crippen molar-refractivity contribution in [3.8, 4) is 22.3 Å². The normalized spacial score (nSPS) is 14.7. The van der Waals surface area contributed by atoms with Gasteiger partial charge in [-0.15, -0.1) is 0 Å². The second-order valence-corrected chi connectivity index (χ2v) is 17.2. The molecular weight excluding hydrogens is 799 g/mol. The quantitative estimate of drug-likeness (QED) is 0.135. The van der Waals surface area contributed by atoms with Gasteiger partial charge in [-0.25, -0.2) is 0 Å². The molecule has 1 aliphatic rings. The highest BCUT2D eigenvalue weighted by molar-refractivity contribution is 6.23. The second-order valence-electron chi connectivity index (χ2n) is 17.2. The molecule has 1 aliphatic carbocycles. The summed E-state index contributed by atoms with van der Waals surface area (Å²) in [5.41, 5.74) is 16.4. The molecule has 1 atom stereocenters. The molecule has 0 N–H and O–H groups in total. The largest absolute Gasteiger partial charge is 0.455 e. The number of fused-ring (bicyclic) bond motifs is 8. The number of hydrogen-bond donors (Lipinski definition) is 0. The molecule has 2 heteroatoms. The Bertz CT molecular complexity index is 3720. The molecule has 0 amide bonds. The summed E-state index contributed by atoms with van der Waals surface area (Å²) in [6.45, 7) is 6.58. The van der Waals surface area contributed by atoms with Crippen LogP contribution in [0.1, 0.15) is 29.2 Å². The number of anilines is 3. The molecule has 1 heterocycles. The van der Waals surface area contributed by atoms with Crippen LogP contribution in [-0.2, 0) is 5.41 Å². The van der Waals surface area contributed by atoms with E-state index in [0.29, 0.717) is 0 Å². The maximum atomic E-state index is 6.62. The van der Waals surface area contributed by atoms with Crippen molar-refractivity contribution in [2.24, 2.45) is 0 Å². The standard InChI is InChI=1S/C64H45NO/c1-3-17-55-56-26-11-13-28-60(56)64(59(55)4-2,49-22-9-6-10-23-49)50-24-16-25-52(42-50)65(51-35-32-44(33-36-51)47-21-15-20-46(40-47)43-18-7-5-8-19-43)53-37-39-54-48(41-53)31-30-45-34-38-58-57-27-12-14-29-61(57)66-63(58)62(45)54/h3-42H,2H2,1H3/b17-3-. The number of allylic oxidation sites excluding steroid dienone is 5. The van der Waals surface area contributed by atoms with Crippen molar-refractivity contribution >= 4 is 66.1 Å². The third-order valence-corrected chi connectivity index (χ3v) is 13.6. The van der Waals surface area contributed by atoms with Crippen molar-refractivity contribution < 1.29 is 4.42 Å². The smallest absolute Gasteiger partial charge is 0.143 e. The van der Waals surface area contributed by atoms with E-state index in [1.54, 1.807) is 0 Å². The molecule has 1 unspecified atom stereocenters. The van der Waals surface area contributed by atoms with Gasteiger partial charge in [0, 0.05) is 33.2 Å². The van der Waals surface area contributed by atoms with Crippen LogP contribution in [0, 0.1) is 0 Å². The molecule has 11 aromatic rings. The van der Waals surface area contributed by atoms with E-state index in [1.165, 1.54) is 50.1 Å². The molecule has 0 saturated carbocycles. The van der Waals surface area contributed by atoms with Crippen molar-refractivity contribution in [3.63, 3.8) is 0 Å². The summed E-state index contributed by atoms with van der Waals surface area (Å²) in [5.74, 6) is 0. The zero-order valence-electron chi connectivity index (χ0n) is 36.7. The lowest BCUT2D eigenvalue weighted by Gasteiger charge is -2.36. The first-order chi connectivity index (χ1) is 32.6. The van der Waals surface area contributed by atoms with Gasteiger partial charge in [0.1, 0.15) is 11.2 Å². The van der Waals surface area contributed by atoms with Crippen LogP contribution in [0.4, 0.5) is 17.1 Å². The first-order valence-electron chi connectivity index (χ1n) is 22.7. The Labute approximate surface area is 385 Å². The first kappa shape index (κ1) is 39.2. The molecule has 0 radical (unpaired) electrons. The summed E-state index contributed by atoms with van der Waals surface area (Å²) in [7, 11) is 0. The summed E-state index contributed by atoms with van der Waals surface area (Å²) < 4.78 is 6.62. The topological polar surface area (TPSA) is 16.4 Å². The van der Waals surface area contributed by atoms with E-state index in [9.17, 15) is 0 Å². The molecule has 0 spiro atoms. The number of nitrogens with zero attached hydrogens (tertiary/aromatic N) is 1. The predicted molar refractivity (Wildman–Crippen MR) is 279 cm³/mol. The van der Waals surface area contributed by atoms with Gasteiger partial charge in [-0.1, -0.05) is 195 Å². The van der Waals surface area contributed by atoms with Crippen molar-refractivity contribution in [2.75, 3.05) is 4.90 Å². The summed E-state index contributed by atoms with van der Waals surface area (Å²) in [4.78, 5) is 2.41. The Balaban J connectivity index is 1.06. The van der Waals surface area contributed by atoms with Crippen molar-refractivity contribution in [3.05, 3.63) is 277 Å². The fourth-order valence-electron chi connectivity index (χ4n) is 10.7. The summed E-state index contributed by atoms with van der Waals surface area (Å²) >= 11 is 0. The van der Waals surface area contributed by atoms with Crippen LogP contribution in [0.15, 0.2) is 259 Å². The average molecular weight is 844 g/mol. The summed E-state index contributed by atoms with van der Waals surface area (Å²) in [5, 5.41) is 6.86. The Morgan fingerprint density at radius 1 is 0.470 bits per heavy atom. The highest BCUT2D eigenvalue weighted by Gasteiger charge is 2.46. The molecule has 2 nitrogen and oxygen atoms in total. The Hall–Kier alpha value is -8.46. The zero-order valence-corrected chi connectivity index (χ0v) is 36.7. The van der Waals surface area contributed by atoms with E-state index in [0.717, 1.165) is 66.1 Å². The summed E-state index contributed by atoms with van der Waals surface area (Å²) in [6, 6.07) is 81.5. The molecule has 10 aromatic carbocycles. The fraction of sp³-hybridized carbons (Fsp3) is 0.0312. The third kappa shape index (κ3) is 6.18. The predicted octanol–water partition coefficient (Wildman–Crippen LogP) is 17.6. The van der Waals surface area contributed by atoms with E-state index in [1.807, 2.05) is 6.07 Å². The number of benzene rings is 10. The van der Waals surface area contributed by atoms with Gasteiger partial charge < -0.3 is 9.32 Å². The minimum atomic E-state index is -0.607. The van der Waals surface area contributed by atoms with Crippen LogP contribution < -0.4 is 4.90 Å². The lowest BCUT2D eigenvalue weighted by Crippen LogP contribution is -2.29. The Morgan fingerprint density at radius 3 is 1.89 bits per heavy atom. The van der Waals surface area contributed by atoms with E-state index in [2.05, 4.69) is 255 Å². The van der Waals surface area contributed by atoms with Crippen LogP contribution in [0.5, 0.6) is 0 Å². The molecule has 0 fully saturated rings. The van der Waals surface area contributed by atoms with Gasteiger partial charge in [0.25, 0.3) is 0 Å². The molecule has 312 valence electrons. The van der Waals surface area contributed by atoms with Crippen molar-refractivity contribution in [1.29, 1.82) is 0 Å². The van der Waals surface area contributed by atoms with Crippen molar-refractivity contribution in [2.45, 2.75) is 12.3 Å². The lowest BCUT2D eigenvalue weighted by atomic mass is 9.66. The average Bonchev–Trinajstić information content (AvgIpc) is 3.91. The van der Waals surface area contributed by atoms with Gasteiger partial charge in [-0.05, 0) is 133 Å². The zero-order chi connectivity index (χ0) is 44.2. The molecular formula is C64H45NO. The molecule has 0 saturated heterocycles. The molecule has 0 bridgehead atoms. The van der Waals surface area contributed by atoms with E-state index in [-0.39, 0.29) is 0 Å². The van der Waals surface area contributed by atoms with Crippen LogP contribution >= 0.6 is 0 Å². The van der Waals surface area contributed by atoms with Gasteiger partial charge in [-0.3, -0.25) is 0 Å². The fourth-order valence-corrected chi connectivity index (χ4v) is 10.7. The van der Waals surface area contributed by atoms with Crippen LogP contribution in [0.2, 0.25) is 0 Å². The van der Waals surface area contributed by atoms with Crippen molar-refractivity contribution in [1.82, 2.24) is 0 Å². The maximum Gasteiger partial charge on any atom is 0.143 e. The number of hydrogen-bond acceptors (Lipinski definition) is 2. The lowest BCUT2D eigenvalue weighted by molar-refractivity contribution is 0.673. The number of furan rings is 1. The van der Waals surface area contributed by atoms with E-state index in [4.69, 9.17) is 4.42 Å². The third-order valence-electron chi connectivity index (χ3n) is 13.6.